The van der Waals surface area contributed by atoms with Crippen LogP contribution >= 0.6 is 11.6 Å². The lowest BCUT2D eigenvalue weighted by Gasteiger charge is -2.23. The quantitative estimate of drug-likeness (QED) is 0.574. The zero-order valence-corrected chi connectivity index (χ0v) is 16.5. The fourth-order valence-corrected chi connectivity index (χ4v) is 4.25. The van der Waals surface area contributed by atoms with Gasteiger partial charge < -0.3 is 4.74 Å². The molecule has 0 saturated carbocycles. The van der Waals surface area contributed by atoms with Crippen LogP contribution in [0.1, 0.15) is 11.1 Å². The van der Waals surface area contributed by atoms with E-state index in [2.05, 4.69) is 0 Å². The molecule has 0 bridgehead atoms. The normalized spacial score (nSPS) is 11.5. The molecule has 0 aliphatic rings. The summed E-state index contributed by atoms with van der Waals surface area (Å²) in [6.45, 7) is 0.529. The van der Waals surface area contributed by atoms with Crippen molar-refractivity contribution in [1.29, 1.82) is 0 Å². The van der Waals surface area contributed by atoms with E-state index in [0.717, 1.165) is 16.9 Å². The predicted molar refractivity (Wildman–Crippen MR) is 107 cm³/mol. The van der Waals surface area contributed by atoms with Gasteiger partial charge in [-0.1, -0.05) is 54.1 Å². The second-order valence-corrected chi connectivity index (χ2v) is 8.44. The smallest absolute Gasteiger partial charge is 0.243 e. The molecular formula is C21H20ClNO3S. The fourth-order valence-electron chi connectivity index (χ4n) is 2.70. The second kappa shape index (κ2) is 8.57. The van der Waals surface area contributed by atoms with Gasteiger partial charge in [-0.3, -0.25) is 0 Å². The molecule has 0 saturated heterocycles. The molecule has 0 spiro atoms. The van der Waals surface area contributed by atoms with E-state index < -0.39 is 10.0 Å². The maximum Gasteiger partial charge on any atom is 0.243 e. The summed E-state index contributed by atoms with van der Waals surface area (Å²) in [5, 5.41) is 0.499. The number of methoxy groups -OCH3 is 1. The highest BCUT2D eigenvalue weighted by atomic mass is 35.5. The van der Waals surface area contributed by atoms with E-state index in [1.807, 2.05) is 54.6 Å². The van der Waals surface area contributed by atoms with Gasteiger partial charge in [-0.2, -0.15) is 4.31 Å². The summed E-state index contributed by atoms with van der Waals surface area (Å²) in [5.74, 6) is 0.730. The van der Waals surface area contributed by atoms with Crippen molar-refractivity contribution in [2.75, 3.05) is 7.11 Å². The lowest BCUT2D eigenvalue weighted by molar-refractivity contribution is 0.399. The Labute approximate surface area is 165 Å². The Morgan fingerprint density at radius 2 is 1.37 bits per heavy atom. The van der Waals surface area contributed by atoms with Crippen molar-refractivity contribution in [3.63, 3.8) is 0 Å². The van der Waals surface area contributed by atoms with Crippen LogP contribution in [-0.2, 0) is 23.1 Å². The van der Waals surface area contributed by atoms with Crippen LogP contribution in [0.5, 0.6) is 5.75 Å². The van der Waals surface area contributed by atoms with Crippen LogP contribution in [0.25, 0.3) is 0 Å². The van der Waals surface area contributed by atoms with E-state index in [4.69, 9.17) is 16.3 Å². The third kappa shape index (κ3) is 4.89. The molecular weight excluding hydrogens is 382 g/mol. The van der Waals surface area contributed by atoms with E-state index in [1.165, 1.54) is 16.4 Å². The fraction of sp³-hybridized carbons (Fsp3) is 0.143. The van der Waals surface area contributed by atoms with Gasteiger partial charge in [-0.15, -0.1) is 0 Å². The van der Waals surface area contributed by atoms with E-state index in [1.54, 1.807) is 19.2 Å². The zero-order chi connectivity index (χ0) is 19.3. The van der Waals surface area contributed by atoms with Crippen molar-refractivity contribution in [3.05, 3.63) is 95.0 Å². The number of sulfonamides is 1. The Balaban J connectivity index is 1.94. The first-order chi connectivity index (χ1) is 13.0. The summed E-state index contributed by atoms with van der Waals surface area (Å²) in [7, 11) is -2.09. The van der Waals surface area contributed by atoms with Crippen molar-refractivity contribution in [2.45, 2.75) is 18.0 Å². The molecule has 0 amide bonds. The number of nitrogens with zero attached hydrogens (tertiary/aromatic N) is 1. The van der Waals surface area contributed by atoms with Crippen LogP contribution in [0, 0.1) is 0 Å². The van der Waals surface area contributed by atoms with E-state index in [9.17, 15) is 8.42 Å². The van der Waals surface area contributed by atoms with Gasteiger partial charge in [0, 0.05) is 18.1 Å². The molecule has 27 heavy (non-hydrogen) atoms. The van der Waals surface area contributed by atoms with Crippen LogP contribution in [-0.4, -0.2) is 19.8 Å². The lowest BCUT2D eigenvalue weighted by atomic mass is 10.2. The highest BCUT2D eigenvalue weighted by Crippen LogP contribution is 2.23. The molecule has 0 aromatic heterocycles. The molecule has 0 heterocycles. The van der Waals surface area contributed by atoms with Gasteiger partial charge in [0.1, 0.15) is 5.75 Å². The number of ether oxygens (including phenoxy) is 1. The van der Waals surface area contributed by atoms with Gasteiger partial charge in [0.25, 0.3) is 0 Å². The van der Waals surface area contributed by atoms with E-state index in [-0.39, 0.29) is 18.0 Å². The number of hydrogen-bond donors (Lipinski definition) is 0. The zero-order valence-electron chi connectivity index (χ0n) is 14.9. The third-order valence-corrected chi connectivity index (χ3v) is 6.23. The van der Waals surface area contributed by atoms with Gasteiger partial charge in [0.15, 0.2) is 0 Å². The summed E-state index contributed by atoms with van der Waals surface area (Å²) in [4.78, 5) is 0.219. The van der Waals surface area contributed by atoms with Crippen LogP contribution in [0.3, 0.4) is 0 Å². The summed E-state index contributed by atoms with van der Waals surface area (Å²) >= 11 is 5.91. The Bertz CT molecular complexity index is 972. The number of rotatable bonds is 7. The minimum Gasteiger partial charge on any atom is -0.497 e. The SMILES string of the molecule is COc1ccc(CN(Cc2ccccc2)S(=O)(=O)c2ccc(Cl)cc2)cc1. The molecule has 0 aliphatic carbocycles. The molecule has 140 valence electrons. The minimum atomic E-state index is -3.69. The number of benzene rings is 3. The molecule has 3 rings (SSSR count). The lowest BCUT2D eigenvalue weighted by Crippen LogP contribution is -2.30. The van der Waals surface area contributed by atoms with Gasteiger partial charge in [0.05, 0.1) is 12.0 Å². The van der Waals surface area contributed by atoms with Gasteiger partial charge in [0.2, 0.25) is 10.0 Å². The van der Waals surface area contributed by atoms with Crippen LogP contribution in [0.15, 0.2) is 83.8 Å². The maximum atomic E-state index is 13.2. The van der Waals surface area contributed by atoms with Gasteiger partial charge in [-0.05, 0) is 47.5 Å². The maximum absolute atomic E-state index is 13.2. The monoisotopic (exact) mass is 401 g/mol. The van der Waals surface area contributed by atoms with Crippen molar-refractivity contribution < 1.29 is 13.2 Å². The topological polar surface area (TPSA) is 46.6 Å². The largest absolute Gasteiger partial charge is 0.497 e. The average Bonchev–Trinajstić information content (AvgIpc) is 2.69. The van der Waals surface area contributed by atoms with Crippen LogP contribution in [0.4, 0.5) is 0 Å². The Morgan fingerprint density at radius 1 is 0.815 bits per heavy atom. The highest BCUT2D eigenvalue weighted by molar-refractivity contribution is 7.89. The standard InChI is InChI=1S/C21H20ClNO3S/c1-26-20-11-7-18(8-12-20)16-23(15-17-5-3-2-4-6-17)27(24,25)21-13-9-19(22)10-14-21/h2-14H,15-16H2,1H3. The van der Waals surface area contributed by atoms with E-state index in [0.29, 0.717) is 5.02 Å². The van der Waals surface area contributed by atoms with Crippen molar-refractivity contribution in [2.24, 2.45) is 0 Å². The summed E-state index contributed by atoms with van der Waals surface area (Å²) in [6.07, 6.45) is 0. The minimum absolute atomic E-state index is 0.219. The molecule has 6 heteroatoms. The molecule has 3 aromatic carbocycles. The average molecular weight is 402 g/mol. The molecule has 0 N–H and O–H groups in total. The number of halogens is 1. The first kappa shape index (κ1) is 19.4. The molecule has 4 nitrogen and oxygen atoms in total. The number of hydrogen-bond acceptors (Lipinski definition) is 3. The predicted octanol–water partition coefficient (Wildman–Crippen LogP) is 4.74. The van der Waals surface area contributed by atoms with E-state index >= 15 is 0 Å². The molecule has 0 atom stereocenters. The van der Waals surface area contributed by atoms with Gasteiger partial charge >= 0.3 is 0 Å². The summed E-state index contributed by atoms with van der Waals surface area (Å²) in [5.41, 5.74) is 1.80. The molecule has 3 aromatic rings. The van der Waals surface area contributed by atoms with Gasteiger partial charge in [-0.25, -0.2) is 8.42 Å². The highest BCUT2D eigenvalue weighted by Gasteiger charge is 2.25. The molecule has 0 fully saturated rings. The first-order valence-corrected chi connectivity index (χ1v) is 10.2. The van der Waals surface area contributed by atoms with Crippen molar-refractivity contribution in [3.8, 4) is 5.75 Å². The Morgan fingerprint density at radius 3 is 1.93 bits per heavy atom. The second-order valence-electron chi connectivity index (χ2n) is 6.06. The van der Waals surface area contributed by atoms with Crippen molar-refractivity contribution in [1.82, 2.24) is 4.31 Å². The van der Waals surface area contributed by atoms with Crippen LogP contribution in [0.2, 0.25) is 5.02 Å². The van der Waals surface area contributed by atoms with Crippen molar-refractivity contribution >= 4 is 21.6 Å². The summed E-state index contributed by atoms with van der Waals surface area (Å²) < 4.78 is 33.1. The summed E-state index contributed by atoms with van der Waals surface area (Å²) in [6, 6.07) is 23.2. The molecule has 0 radical (unpaired) electrons. The Hall–Kier alpha value is -2.34. The Kier molecular flexibility index (Phi) is 6.16. The first-order valence-electron chi connectivity index (χ1n) is 8.41. The molecule has 0 aliphatic heterocycles. The molecule has 0 unspecified atom stereocenters. The third-order valence-electron chi connectivity index (χ3n) is 4.17. The van der Waals surface area contributed by atoms with Crippen LogP contribution < -0.4 is 4.74 Å².